The predicted octanol–water partition coefficient (Wildman–Crippen LogP) is 4.37. The van der Waals surface area contributed by atoms with Gasteiger partial charge in [-0.1, -0.05) is 30.3 Å². The molecule has 5 rings (SSSR count). The molecule has 4 aromatic rings. The second-order valence-corrected chi connectivity index (χ2v) is 7.52. The highest BCUT2D eigenvalue weighted by Gasteiger charge is 2.29. The maximum atomic E-state index is 14.8. The highest BCUT2D eigenvalue weighted by molar-refractivity contribution is 5.61. The first-order valence-electron chi connectivity index (χ1n) is 10.2. The van der Waals surface area contributed by atoms with Gasteiger partial charge < -0.3 is 10.6 Å². The van der Waals surface area contributed by atoms with Crippen LogP contribution in [0, 0.1) is 12.7 Å². The van der Waals surface area contributed by atoms with Gasteiger partial charge >= 0.3 is 0 Å². The molecule has 2 heterocycles. The summed E-state index contributed by atoms with van der Waals surface area (Å²) in [6.45, 7) is 1.78. The van der Waals surface area contributed by atoms with Gasteiger partial charge in [-0.15, -0.1) is 0 Å². The van der Waals surface area contributed by atoms with Gasteiger partial charge in [0, 0.05) is 24.2 Å². The number of benzene rings is 2. The average Bonchev–Trinajstić information content (AvgIpc) is 3.40. The average molecular weight is 415 g/mol. The van der Waals surface area contributed by atoms with Crippen molar-refractivity contribution >= 4 is 17.5 Å². The Kier molecular flexibility index (Phi) is 4.82. The molecule has 8 heteroatoms. The van der Waals surface area contributed by atoms with E-state index in [4.69, 9.17) is 4.98 Å². The van der Waals surface area contributed by atoms with Crippen molar-refractivity contribution in [2.24, 2.45) is 0 Å². The van der Waals surface area contributed by atoms with E-state index in [0.29, 0.717) is 23.1 Å². The number of nitrogens with one attached hydrogen (secondary N) is 2. The number of hydrogen-bond acceptors (Lipinski definition) is 6. The van der Waals surface area contributed by atoms with Crippen LogP contribution in [0.5, 0.6) is 0 Å². The summed E-state index contributed by atoms with van der Waals surface area (Å²) in [7, 11) is 1.86. The molecule has 1 atom stereocenters. The molecule has 2 aromatic heterocycles. The van der Waals surface area contributed by atoms with E-state index in [1.807, 2.05) is 25.2 Å². The molecule has 1 aliphatic rings. The monoisotopic (exact) mass is 415 g/mol. The van der Waals surface area contributed by atoms with Gasteiger partial charge in [0.2, 0.25) is 5.95 Å². The summed E-state index contributed by atoms with van der Waals surface area (Å²) in [5, 5.41) is 10.4. The predicted molar refractivity (Wildman–Crippen MR) is 118 cm³/mol. The summed E-state index contributed by atoms with van der Waals surface area (Å²) in [4.78, 5) is 13.5. The highest BCUT2D eigenvalue weighted by Crippen LogP contribution is 2.40. The van der Waals surface area contributed by atoms with Crippen LogP contribution in [0.2, 0.25) is 0 Å². The zero-order valence-electron chi connectivity index (χ0n) is 17.3. The van der Waals surface area contributed by atoms with Gasteiger partial charge in [-0.05, 0) is 43.5 Å². The van der Waals surface area contributed by atoms with Crippen molar-refractivity contribution in [3.05, 3.63) is 83.3 Å². The fraction of sp³-hybridized carbons (Fsp3) is 0.217. The number of hydrogen-bond donors (Lipinski definition) is 2. The van der Waals surface area contributed by atoms with Crippen LogP contribution < -0.4 is 10.6 Å². The number of aromatic nitrogens is 5. The lowest BCUT2D eigenvalue weighted by atomic mass is 9.97. The molecule has 1 unspecified atom stereocenters. The van der Waals surface area contributed by atoms with Crippen LogP contribution in [0.3, 0.4) is 0 Å². The molecule has 0 bridgehead atoms. The molecule has 0 fully saturated rings. The van der Waals surface area contributed by atoms with Crippen molar-refractivity contribution in [3.8, 4) is 5.69 Å². The Morgan fingerprint density at radius 1 is 1.10 bits per heavy atom. The first kappa shape index (κ1) is 19.2. The minimum absolute atomic E-state index is 0.223. The Morgan fingerprint density at radius 3 is 2.65 bits per heavy atom. The van der Waals surface area contributed by atoms with E-state index in [9.17, 15) is 4.39 Å². The topological polar surface area (TPSA) is 80.5 Å². The highest BCUT2D eigenvalue weighted by atomic mass is 19.1. The Morgan fingerprint density at radius 2 is 1.94 bits per heavy atom. The maximum Gasteiger partial charge on any atom is 0.229 e. The van der Waals surface area contributed by atoms with Gasteiger partial charge in [0.15, 0.2) is 5.82 Å². The van der Waals surface area contributed by atoms with Crippen LogP contribution in [0.4, 0.5) is 21.8 Å². The van der Waals surface area contributed by atoms with Crippen molar-refractivity contribution in [1.29, 1.82) is 0 Å². The van der Waals surface area contributed by atoms with E-state index in [0.717, 1.165) is 29.9 Å². The molecule has 0 amide bonds. The minimum Gasteiger partial charge on any atom is -0.373 e. The Labute approximate surface area is 179 Å². The van der Waals surface area contributed by atoms with E-state index >= 15 is 0 Å². The molecule has 0 radical (unpaired) electrons. The lowest BCUT2D eigenvalue weighted by Gasteiger charge is -2.15. The van der Waals surface area contributed by atoms with Gasteiger partial charge in [0.25, 0.3) is 0 Å². The normalized spacial score (nSPS) is 15.0. The minimum atomic E-state index is -0.407. The molecule has 0 saturated carbocycles. The van der Waals surface area contributed by atoms with Crippen molar-refractivity contribution in [2.45, 2.75) is 25.7 Å². The lowest BCUT2D eigenvalue weighted by Crippen LogP contribution is -2.08. The third-order valence-electron chi connectivity index (χ3n) is 5.64. The summed E-state index contributed by atoms with van der Waals surface area (Å²) >= 11 is 0. The van der Waals surface area contributed by atoms with Gasteiger partial charge in [0.1, 0.15) is 23.7 Å². The van der Waals surface area contributed by atoms with Crippen LogP contribution in [0.15, 0.2) is 54.9 Å². The molecule has 156 valence electrons. The second kappa shape index (κ2) is 7.79. The standard InChI is InChI=1S/C23H22FN7/c1-14-26-13-27-31(14)20-11-8-16(12-19(20)24)28-23-29-21-17(15-6-4-3-5-7-15)9-10-18(21)22(25-2)30-23/h3-8,11-13,17H,9-10H2,1-2H3,(H2,25,28,29,30). The fourth-order valence-corrected chi connectivity index (χ4v) is 4.16. The summed E-state index contributed by atoms with van der Waals surface area (Å²) in [6, 6.07) is 15.2. The number of rotatable bonds is 5. The van der Waals surface area contributed by atoms with Crippen molar-refractivity contribution in [1.82, 2.24) is 24.7 Å². The van der Waals surface area contributed by atoms with Crippen LogP contribution in [-0.2, 0) is 6.42 Å². The van der Waals surface area contributed by atoms with E-state index in [1.54, 1.807) is 19.1 Å². The first-order valence-corrected chi connectivity index (χ1v) is 10.2. The van der Waals surface area contributed by atoms with Gasteiger partial charge in [0.05, 0.1) is 5.69 Å². The van der Waals surface area contributed by atoms with Crippen LogP contribution in [0.25, 0.3) is 5.69 Å². The smallest absolute Gasteiger partial charge is 0.229 e. The molecule has 2 aromatic carbocycles. The number of nitrogens with zero attached hydrogens (tertiary/aromatic N) is 5. The summed E-state index contributed by atoms with van der Waals surface area (Å²) < 4.78 is 16.2. The second-order valence-electron chi connectivity index (χ2n) is 7.52. The van der Waals surface area contributed by atoms with Crippen molar-refractivity contribution < 1.29 is 4.39 Å². The Balaban J connectivity index is 1.48. The molecule has 2 N–H and O–H groups in total. The fourth-order valence-electron chi connectivity index (χ4n) is 4.16. The van der Waals surface area contributed by atoms with E-state index in [-0.39, 0.29) is 5.92 Å². The molecule has 1 aliphatic carbocycles. The first-order chi connectivity index (χ1) is 15.1. The van der Waals surface area contributed by atoms with Crippen molar-refractivity contribution in [2.75, 3.05) is 17.7 Å². The SMILES string of the molecule is CNc1nc(Nc2ccc(-n3ncnc3C)c(F)c2)nc2c1CCC2c1ccccc1. The summed E-state index contributed by atoms with van der Waals surface area (Å²) in [5.41, 5.74) is 4.31. The molecular formula is C23H22FN7. The molecular weight excluding hydrogens is 393 g/mol. The largest absolute Gasteiger partial charge is 0.373 e. The van der Waals surface area contributed by atoms with Crippen LogP contribution >= 0.6 is 0 Å². The molecule has 7 nitrogen and oxygen atoms in total. The molecule has 31 heavy (non-hydrogen) atoms. The van der Waals surface area contributed by atoms with E-state index in [2.05, 4.69) is 37.8 Å². The van der Waals surface area contributed by atoms with Gasteiger partial charge in [-0.25, -0.2) is 19.0 Å². The van der Waals surface area contributed by atoms with E-state index < -0.39 is 5.82 Å². The molecule has 0 spiro atoms. The zero-order chi connectivity index (χ0) is 21.4. The lowest BCUT2D eigenvalue weighted by molar-refractivity contribution is 0.608. The number of anilines is 3. The molecule has 0 saturated heterocycles. The van der Waals surface area contributed by atoms with E-state index in [1.165, 1.54) is 22.6 Å². The van der Waals surface area contributed by atoms with Crippen LogP contribution in [0.1, 0.15) is 35.0 Å². The van der Waals surface area contributed by atoms with Gasteiger partial charge in [-0.3, -0.25) is 0 Å². The Bertz CT molecular complexity index is 1240. The third kappa shape index (κ3) is 3.50. The maximum absolute atomic E-state index is 14.8. The Hall–Kier alpha value is -3.81. The summed E-state index contributed by atoms with van der Waals surface area (Å²) in [6.07, 6.45) is 3.32. The van der Waals surface area contributed by atoms with Crippen molar-refractivity contribution in [3.63, 3.8) is 0 Å². The molecule has 0 aliphatic heterocycles. The zero-order valence-corrected chi connectivity index (χ0v) is 17.3. The summed E-state index contributed by atoms with van der Waals surface area (Å²) in [5.74, 6) is 1.68. The van der Waals surface area contributed by atoms with Crippen LogP contribution in [-0.4, -0.2) is 31.8 Å². The quantitative estimate of drug-likeness (QED) is 0.504. The third-order valence-corrected chi connectivity index (χ3v) is 5.64. The number of halogens is 1. The number of fused-ring (bicyclic) bond motifs is 1. The van der Waals surface area contributed by atoms with Gasteiger partial charge in [-0.2, -0.15) is 10.1 Å². The number of aryl methyl sites for hydroxylation is 1.